The molecule has 0 aromatic heterocycles. The summed E-state index contributed by atoms with van der Waals surface area (Å²) in [4.78, 5) is 26.8. The SMILES string of the molecule is COC(=O)[C@H]1c2ccc(OCc3c(C)cc(C)cc3C)cc2CCN1C(=O)OC(C)(C)C. The summed E-state index contributed by atoms with van der Waals surface area (Å²) >= 11 is 0. The predicted molar refractivity (Wildman–Crippen MR) is 123 cm³/mol. The minimum atomic E-state index is -0.839. The lowest BCUT2D eigenvalue weighted by Crippen LogP contribution is -2.46. The molecule has 0 fully saturated rings. The summed E-state index contributed by atoms with van der Waals surface area (Å²) in [6, 6.07) is 9.12. The van der Waals surface area contributed by atoms with E-state index in [1.807, 2.05) is 18.2 Å². The Labute approximate surface area is 190 Å². The Bertz CT molecular complexity index is 998. The van der Waals surface area contributed by atoms with Gasteiger partial charge in [0.05, 0.1) is 7.11 Å². The number of nitrogens with zero attached hydrogens (tertiary/aromatic N) is 1. The largest absolute Gasteiger partial charge is 0.489 e. The van der Waals surface area contributed by atoms with Crippen molar-refractivity contribution in [3.8, 4) is 5.75 Å². The second kappa shape index (κ2) is 9.23. The van der Waals surface area contributed by atoms with Crippen LogP contribution in [0.15, 0.2) is 30.3 Å². The van der Waals surface area contributed by atoms with Crippen LogP contribution in [0.25, 0.3) is 0 Å². The number of hydrogen-bond donors (Lipinski definition) is 0. The molecule has 2 aromatic rings. The van der Waals surface area contributed by atoms with Crippen LogP contribution in [0.2, 0.25) is 0 Å². The van der Waals surface area contributed by atoms with E-state index >= 15 is 0 Å². The van der Waals surface area contributed by atoms with Crippen molar-refractivity contribution in [1.29, 1.82) is 0 Å². The van der Waals surface area contributed by atoms with Crippen LogP contribution in [-0.2, 0) is 27.3 Å². The number of rotatable bonds is 4. The molecule has 0 N–H and O–H groups in total. The molecular formula is C26H33NO5. The predicted octanol–water partition coefficient (Wildman–Crippen LogP) is 5.20. The summed E-state index contributed by atoms with van der Waals surface area (Å²) in [5.41, 5.74) is 5.89. The van der Waals surface area contributed by atoms with Gasteiger partial charge in [0.15, 0.2) is 6.04 Å². The second-order valence-electron chi connectivity index (χ2n) is 9.38. The minimum absolute atomic E-state index is 0.362. The van der Waals surface area contributed by atoms with Gasteiger partial charge >= 0.3 is 12.1 Å². The Balaban J connectivity index is 1.84. The molecular weight excluding hydrogens is 406 g/mol. The lowest BCUT2D eigenvalue weighted by molar-refractivity contribution is -0.147. The molecule has 32 heavy (non-hydrogen) atoms. The molecule has 3 rings (SSSR count). The molecule has 1 amide bonds. The molecule has 172 valence electrons. The molecule has 0 radical (unpaired) electrons. The Morgan fingerprint density at radius 3 is 2.31 bits per heavy atom. The van der Waals surface area contributed by atoms with E-state index in [2.05, 4.69) is 32.9 Å². The summed E-state index contributed by atoms with van der Waals surface area (Å²) < 4.78 is 16.6. The van der Waals surface area contributed by atoms with E-state index in [0.29, 0.717) is 19.6 Å². The fourth-order valence-corrected chi connectivity index (χ4v) is 4.17. The number of carbonyl (C=O) groups excluding carboxylic acids is 2. The third kappa shape index (κ3) is 5.23. The Kier molecular flexibility index (Phi) is 6.82. The van der Waals surface area contributed by atoms with Gasteiger partial charge in [-0.3, -0.25) is 4.90 Å². The molecule has 0 spiro atoms. The molecule has 1 atom stereocenters. The van der Waals surface area contributed by atoms with E-state index < -0.39 is 23.7 Å². The zero-order chi connectivity index (χ0) is 23.6. The van der Waals surface area contributed by atoms with E-state index in [-0.39, 0.29) is 0 Å². The normalized spacial score (nSPS) is 15.7. The van der Waals surface area contributed by atoms with Gasteiger partial charge in [-0.1, -0.05) is 23.8 Å². The van der Waals surface area contributed by atoms with Gasteiger partial charge in [0, 0.05) is 6.54 Å². The van der Waals surface area contributed by atoms with Gasteiger partial charge in [-0.05, 0) is 87.9 Å². The first-order valence-electron chi connectivity index (χ1n) is 10.9. The van der Waals surface area contributed by atoms with Gasteiger partial charge in [-0.25, -0.2) is 9.59 Å². The van der Waals surface area contributed by atoms with E-state index in [9.17, 15) is 9.59 Å². The van der Waals surface area contributed by atoms with E-state index in [4.69, 9.17) is 14.2 Å². The zero-order valence-corrected chi connectivity index (χ0v) is 20.1. The molecule has 1 heterocycles. The zero-order valence-electron chi connectivity index (χ0n) is 20.1. The van der Waals surface area contributed by atoms with Gasteiger partial charge < -0.3 is 14.2 Å². The Morgan fingerprint density at radius 1 is 1.06 bits per heavy atom. The molecule has 0 saturated carbocycles. The fraction of sp³-hybridized carbons (Fsp3) is 0.462. The smallest absolute Gasteiger partial charge is 0.411 e. The van der Waals surface area contributed by atoms with Crippen molar-refractivity contribution in [1.82, 2.24) is 4.90 Å². The fourth-order valence-electron chi connectivity index (χ4n) is 4.17. The Morgan fingerprint density at radius 2 is 1.72 bits per heavy atom. The number of methoxy groups -OCH3 is 1. The highest BCUT2D eigenvalue weighted by Gasteiger charge is 2.39. The van der Waals surface area contributed by atoms with Gasteiger partial charge in [0.25, 0.3) is 0 Å². The van der Waals surface area contributed by atoms with Crippen LogP contribution in [0.3, 0.4) is 0 Å². The first-order chi connectivity index (χ1) is 15.0. The number of aryl methyl sites for hydroxylation is 3. The summed E-state index contributed by atoms with van der Waals surface area (Å²) in [6.45, 7) is 12.5. The van der Waals surface area contributed by atoms with Gasteiger partial charge in [0.1, 0.15) is 18.0 Å². The first kappa shape index (κ1) is 23.6. The van der Waals surface area contributed by atoms with E-state index in [1.165, 1.54) is 34.3 Å². The van der Waals surface area contributed by atoms with Crippen LogP contribution in [0.5, 0.6) is 5.75 Å². The number of fused-ring (bicyclic) bond motifs is 1. The van der Waals surface area contributed by atoms with Crippen molar-refractivity contribution in [2.45, 2.75) is 66.2 Å². The van der Waals surface area contributed by atoms with Crippen molar-refractivity contribution >= 4 is 12.1 Å². The highest BCUT2D eigenvalue weighted by Crippen LogP contribution is 2.34. The molecule has 0 saturated heterocycles. The maximum absolute atomic E-state index is 12.7. The maximum atomic E-state index is 12.7. The number of benzene rings is 2. The van der Waals surface area contributed by atoms with Crippen LogP contribution in [-0.4, -0.2) is 36.2 Å². The molecule has 2 aromatic carbocycles. The summed E-state index contributed by atoms with van der Waals surface area (Å²) in [5.74, 6) is 0.244. The number of hydrogen-bond acceptors (Lipinski definition) is 5. The molecule has 0 unspecified atom stereocenters. The van der Waals surface area contributed by atoms with Crippen LogP contribution in [0.4, 0.5) is 4.79 Å². The van der Waals surface area contributed by atoms with E-state index in [1.54, 1.807) is 20.8 Å². The first-order valence-corrected chi connectivity index (χ1v) is 10.9. The number of esters is 1. The topological polar surface area (TPSA) is 65.1 Å². The molecule has 6 heteroatoms. The van der Waals surface area contributed by atoms with E-state index in [0.717, 1.165) is 16.9 Å². The van der Waals surface area contributed by atoms with Gasteiger partial charge in [-0.15, -0.1) is 0 Å². The molecule has 0 aliphatic carbocycles. The van der Waals surface area contributed by atoms with Crippen molar-refractivity contribution in [3.63, 3.8) is 0 Å². The lowest BCUT2D eigenvalue weighted by Gasteiger charge is -2.36. The number of carbonyl (C=O) groups is 2. The van der Waals surface area contributed by atoms with Crippen LogP contribution >= 0.6 is 0 Å². The second-order valence-corrected chi connectivity index (χ2v) is 9.38. The van der Waals surface area contributed by atoms with Gasteiger partial charge in [-0.2, -0.15) is 0 Å². The number of amides is 1. The quantitative estimate of drug-likeness (QED) is 0.613. The summed E-state index contributed by atoms with van der Waals surface area (Å²) in [5, 5.41) is 0. The van der Waals surface area contributed by atoms with Crippen molar-refractivity contribution in [2.24, 2.45) is 0 Å². The summed E-state index contributed by atoms with van der Waals surface area (Å²) in [7, 11) is 1.33. The van der Waals surface area contributed by atoms with Gasteiger partial charge in [0.2, 0.25) is 0 Å². The number of ether oxygens (including phenoxy) is 3. The molecule has 1 aliphatic heterocycles. The van der Waals surface area contributed by atoms with Crippen molar-refractivity contribution < 1.29 is 23.8 Å². The third-order valence-electron chi connectivity index (χ3n) is 5.62. The van der Waals surface area contributed by atoms with Crippen LogP contribution in [0.1, 0.15) is 60.2 Å². The van der Waals surface area contributed by atoms with Crippen LogP contribution in [0, 0.1) is 20.8 Å². The highest BCUT2D eigenvalue weighted by atomic mass is 16.6. The maximum Gasteiger partial charge on any atom is 0.411 e. The molecule has 1 aliphatic rings. The average molecular weight is 440 g/mol. The molecule has 6 nitrogen and oxygen atoms in total. The highest BCUT2D eigenvalue weighted by molar-refractivity contribution is 5.84. The lowest BCUT2D eigenvalue weighted by atomic mass is 9.92. The standard InChI is InChI=1S/C26H33NO5/c1-16-12-17(2)22(18(3)13-16)15-31-20-8-9-21-19(14-20)10-11-27(23(21)24(28)30-7)25(29)32-26(4,5)6/h8-9,12-14,23H,10-11,15H2,1-7H3/t23-/m1/s1. The summed E-state index contributed by atoms with van der Waals surface area (Å²) in [6.07, 6.45) is 0.0752. The van der Waals surface area contributed by atoms with Crippen LogP contribution < -0.4 is 4.74 Å². The Hall–Kier alpha value is -3.02. The van der Waals surface area contributed by atoms with Crippen molar-refractivity contribution in [3.05, 3.63) is 63.7 Å². The molecule has 0 bridgehead atoms. The van der Waals surface area contributed by atoms with Crippen molar-refractivity contribution in [2.75, 3.05) is 13.7 Å². The third-order valence-corrected chi connectivity index (χ3v) is 5.62. The average Bonchev–Trinajstić information content (AvgIpc) is 2.70. The monoisotopic (exact) mass is 439 g/mol. The minimum Gasteiger partial charge on any atom is -0.489 e.